The third kappa shape index (κ3) is 4.62. The highest BCUT2D eigenvalue weighted by Crippen LogP contribution is 2.12. The van der Waals surface area contributed by atoms with Gasteiger partial charge in [-0.15, -0.1) is 0 Å². The molecule has 0 bridgehead atoms. The van der Waals surface area contributed by atoms with Crippen LogP contribution in [-0.2, 0) is 16.0 Å². The van der Waals surface area contributed by atoms with Crippen LogP contribution in [0.4, 0.5) is 0 Å². The molecule has 1 aromatic rings. The van der Waals surface area contributed by atoms with Crippen molar-refractivity contribution in [2.24, 2.45) is 5.92 Å². The van der Waals surface area contributed by atoms with E-state index in [0.717, 1.165) is 5.56 Å². The molecule has 0 radical (unpaired) electrons. The number of amides is 1. The maximum absolute atomic E-state index is 11.7. The molecule has 1 aromatic carbocycles. The lowest BCUT2D eigenvalue weighted by Crippen LogP contribution is -2.44. The molecule has 104 valence electrons. The fourth-order valence-electron chi connectivity index (χ4n) is 1.57. The van der Waals surface area contributed by atoms with Gasteiger partial charge in [0.1, 0.15) is 11.8 Å². The number of phenolic OH excluding ortho intramolecular Hbond substituents is 1. The van der Waals surface area contributed by atoms with Crippen LogP contribution in [0, 0.1) is 5.92 Å². The molecule has 1 rings (SSSR count). The highest BCUT2D eigenvalue weighted by Gasteiger charge is 2.22. The van der Waals surface area contributed by atoms with Gasteiger partial charge in [-0.05, 0) is 24.1 Å². The molecule has 0 heterocycles. The Morgan fingerprint density at radius 3 is 2.32 bits per heavy atom. The number of hydrogen-bond acceptors (Lipinski definition) is 3. The normalized spacial score (nSPS) is 13.6. The van der Waals surface area contributed by atoms with Crippen LogP contribution >= 0.6 is 0 Å². The van der Waals surface area contributed by atoms with E-state index in [4.69, 9.17) is 10.2 Å². The molecule has 0 aliphatic rings. The van der Waals surface area contributed by atoms with E-state index in [2.05, 4.69) is 5.32 Å². The summed E-state index contributed by atoms with van der Waals surface area (Å²) >= 11 is 0. The van der Waals surface area contributed by atoms with Gasteiger partial charge >= 0.3 is 5.97 Å². The lowest BCUT2D eigenvalue weighted by atomic mass is 10.0. The van der Waals surface area contributed by atoms with E-state index in [1.807, 2.05) is 6.92 Å². The minimum Gasteiger partial charge on any atom is -0.508 e. The zero-order valence-electron chi connectivity index (χ0n) is 11.1. The molecule has 0 aromatic heterocycles. The summed E-state index contributed by atoms with van der Waals surface area (Å²) in [7, 11) is 0. The molecule has 19 heavy (non-hydrogen) atoms. The maximum Gasteiger partial charge on any atom is 0.326 e. The third-order valence-electron chi connectivity index (χ3n) is 3.05. The maximum atomic E-state index is 11.7. The van der Waals surface area contributed by atoms with Gasteiger partial charge in [0.05, 0.1) is 0 Å². The second kappa shape index (κ2) is 6.78. The number of carbonyl (C=O) groups is 2. The summed E-state index contributed by atoms with van der Waals surface area (Å²) in [5.74, 6) is -1.40. The summed E-state index contributed by atoms with van der Waals surface area (Å²) in [6.45, 7) is 3.63. The average Bonchev–Trinajstić information content (AvgIpc) is 2.39. The number of phenols is 1. The average molecular weight is 265 g/mol. The molecule has 5 heteroatoms. The second-order valence-electron chi connectivity index (χ2n) is 4.58. The first-order valence-electron chi connectivity index (χ1n) is 6.25. The Hall–Kier alpha value is -2.04. The van der Waals surface area contributed by atoms with Gasteiger partial charge in [-0.25, -0.2) is 4.79 Å². The largest absolute Gasteiger partial charge is 0.508 e. The molecule has 1 amide bonds. The fourth-order valence-corrected chi connectivity index (χ4v) is 1.57. The molecule has 0 spiro atoms. The van der Waals surface area contributed by atoms with Crippen molar-refractivity contribution in [1.29, 1.82) is 0 Å². The lowest BCUT2D eigenvalue weighted by molar-refractivity contribution is -0.142. The van der Waals surface area contributed by atoms with Crippen LogP contribution < -0.4 is 5.32 Å². The number of hydrogen-bond donors (Lipinski definition) is 3. The topological polar surface area (TPSA) is 86.6 Å². The predicted octanol–water partition coefficient (Wildman–Crippen LogP) is 1.55. The van der Waals surface area contributed by atoms with Crippen LogP contribution in [0.5, 0.6) is 5.75 Å². The van der Waals surface area contributed by atoms with Crippen LogP contribution in [0.15, 0.2) is 24.3 Å². The van der Waals surface area contributed by atoms with Crippen molar-refractivity contribution in [2.45, 2.75) is 32.7 Å². The quantitative estimate of drug-likeness (QED) is 0.728. The molecule has 0 saturated carbocycles. The number of carbonyl (C=O) groups excluding carboxylic acids is 1. The molecule has 0 fully saturated rings. The van der Waals surface area contributed by atoms with Gasteiger partial charge in [-0.2, -0.15) is 0 Å². The Labute approximate surface area is 112 Å². The molecule has 0 aliphatic carbocycles. The minimum absolute atomic E-state index is 0.124. The Kier molecular flexibility index (Phi) is 5.36. The van der Waals surface area contributed by atoms with Crippen molar-refractivity contribution in [1.82, 2.24) is 5.32 Å². The molecular weight excluding hydrogens is 246 g/mol. The number of benzene rings is 1. The molecule has 5 nitrogen and oxygen atoms in total. The molecule has 2 unspecified atom stereocenters. The summed E-state index contributed by atoms with van der Waals surface area (Å²) in [6.07, 6.45) is 0.856. The molecule has 3 N–H and O–H groups in total. The lowest BCUT2D eigenvalue weighted by Gasteiger charge is -2.17. The van der Waals surface area contributed by atoms with Gasteiger partial charge in [0.15, 0.2) is 0 Å². The van der Waals surface area contributed by atoms with Gasteiger partial charge in [-0.1, -0.05) is 26.0 Å². The molecule has 0 saturated heterocycles. The van der Waals surface area contributed by atoms with Crippen molar-refractivity contribution in [2.75, 3.05) is 0 Å². The number of carboxylic acids is 1. The summed E-state index contributed by atoms with van der Waals surface area (Å²) in [5.41, 5.74) is 0.745. The van der Waals surface area contributed by atoms with Crippen LogP contribution in [-0.4, -0.2) is 28.1 Å². The first-order chi connectivity index (χ1) is 8.93. The highest BCUT2D eigenvalue weighted by atomic mass is 16.4. The second-order valence-corrected chi connectivity index (χ2v) is 4.58. The van der Waals surface area contributed by atoms with E-state index in [-0.39, 0.29) is 24.0 Å². The zero-order valence-corrected chi connectivity index (χ0v) is 11.1. The first kappa shape index (κ1) is 15.0. The SMILES string of the molecule is CCC(C)C(=O)NC(Cc1ccc(O)cc1)C(=O)O. The highest BCUT2D eigenvalue weighted by molar-refractivity contribution is 5.84. The van der Waals surface area contributed by atoms with Crippen LogP contribution in [0.3, 0.4) is 0 Å². The van der Waals surface area contributed by atoms with E-state index in [1.165, 1.54) is 12.1 Å². The number of aromatic hydroxyl groups is 1. The Morgan fingerprint density at radius 1 is 1.26 bits per heavy atom. The van der Waals surface area contributed by atoms with Gasteiger partial charge in [0, 0.05) is 12.3 Å². The summed E-state index contributed by atoms with van der Waals surface area (Å²) in [6, 6.07) is 5.31. The predicted molar refractivity (Wildman–Crippen MR) is 70.8 cm³/mol. The van der Waals surface area contributed by atoms with Gasteiger partial charge in [0.25, 0.3) is 0 Å². The van der Waals surface area contributed by atoms with E-state index < -0.39 is 12.0 Å². The Balaban J connectivity index is 2.71. The van der Waals surface area contributed by atoms with E-state index >= 15 is 0 Å². The van der Waals surface area contributed by atoms with Gasteiger partial charge < -0.3 is 15.5 Å². The number of rotatable bonds is 6. The van der Waals surface area contributed by atoms with Gasteiger partial charge in [0.2, 0.25) is 5.91 Å². The van der Waals surface area contributed by atoms with Crippen molar-refractivity contribution >= 4 is 11.9 Å². The van der Waals surface area contributed by atoms with Crippen LogP contribution in [0.25, 0.3) is 0 Å². The summed E-state index contributed by atoms with van der Waals surface area (Å²) in [4.78, 5) is 22.9. The first-order valence-corrected chi connectivity index (χ1v) is 6.25. The van der Waals surface area contributed by atoms with Crippen LogP contribution in [0.1, 0.15) is 25.8 Å². The number of carboxylic acid groups (broad SMARTS) is 1. The molecule has 0 aliphatic heterocycles. The smallest absolute Gasteiger partial charge is 0.326 e. The minimum atomic E-state index is -1.07. The summed E-state index contributed by atoms with van der Waals surface area (Å²) in [5, 5.41) is 20.8. The monoisotopic (exact) mass is 265 g/mol. The third-order valence-corrected chi connectivity index (χ3v) is 3.05. The van der Waals surface area contributed by atoms with Crippen molar-refractivity contribution < 1.29 is 19.8 Å². The number of nitrogens with one attached hydrogen (secondary N) is 1. The molecular formula is C14H19NO4. The Bertz CT molecular complexity index is 441. The standard InChI is InChI=1S/C14H19NO4/c1-3-9(2)13(17)15-12(14(18)19)8-10-4-6-11(16)7-5-10/h4-7,9,12,16H,3,8H2,1-2H3,(H,15,17)(H,18,19). The van der Waals surface area contributed by atoms with Crippen LogP contribution in [0.2, 0.25) is 0 Å². The van der Waals surface area contributed by atoms with Crippen molar-refractivity contribution in [3.63, 3.8) is 0 Å². The molecule has 2 atom stereocenters. The van der Waals surface area contributed by atoms with Gasteiger partial charge in [-0.3, -0.25) is 4.79 Å². The van der Waals surface area contributed by atoms with Crippen molar-refractivity contribution in [3.05, 3.63) is 29.8 Å². The fraction of sp³-hybridized carbons (Fsp3) is 0.429. The Morgan fingerprint density at radius 2 is 1.84 bits per heavy atom. The van der Waals surface area contributed by atoms with E-state index in [0.29, 0.717) is 6.42 Å². The van der Waals surface area contributed by atoms with E-state index in [9.17, 15) is 9.59 Å². The zero-order chi connectivity index (χ0) is 14.4. The van der Waals surface area contributed by atoms with Crippen molar-refractivity contribution in [3.8, 4) is 5.75 Å². The summed E-state index contributed by atoms with van der Waals surface area (Å²) < 4.78 is 0. The number of aliphatic carboxylic acids is 1. The van der Waals surface area contributed by atoms with E-state index in [1.54, 1.807) is 19.1 Å².